The minimum absolute atomic E-state index is 0.0126. The van der Waals surface area contributed by atoms with Gasteiger partial charge >= 0.3 is 5.97 Å². The second-order valence-electron chi connectivity index (χ2n) is 5.37. The van der Waals surface area contributed by atoms with Crippen LogP contribution in [0.5, 0.6) is 11.5 Å². The van der Waals surface area contributed by atoms with E-state index in [0.717, 1.165) is 0 Å². The molecule has 0 radical (unpaired) electrons. The molecule has 9 nitrogen and oxygen atoms in total. The predicted molar refractivity (Wildman–Crippen MR) is 113 cm³/mol. The van der Waals surface area contributed by atoms with Crippen LogP contribution in [0.3, 0.4) is 0 Å². The highest BCUT2D eigenvalue weighted by Crippen LogP contribution is 2.38. The second-order valence-corrected chi connectivity index (χ2v) is 5.77. The normalized spacial score (nSPS) is 9.43. The van der Waals surface area contributed by atoms with Crippen LogP contribution in [0.4, 0.5) is 5.69 Å². The number of aliphatic hydroxyl groups is 1. The SMILES string of the molecule is CC.CCO.COc1cc(OCc2ncc(C)o2)c(Cl)cc1N(C=O)CCC(=O)O. The fourth-order valence-corrected chi connectivity index (χ4v) is 2.29. The number of halogens is 1. The molecule has 2 N–H and O–H groups in total. The molecule has 0 aliphatic rings. The van der Waals surface area contributed by atoms with Crippen molar-refractivity contribution in [2.75, 3.05) is 25.2 Å². The van der Waals surface area contributed by atoms with Gasteiger partial charge in [-0.25, -0.2) is 4.98 Å². The molecule has 168 valence electrons. The van der Waals surface area contributed by atoms with Gasteiger partial charge in [0.05, 0.1) is 30.4 Å². The number of rotatable bonds is 9. The Bertz CT molecular complexity index is 781. The van der Waals surface area contributed by atoms with Crippen LogP contribution >= 0.6 is 11.6 Å². The van der Waals surface area contributed by atoms with Gasteiger partial charge in [0.1, 0.15) is 17.3 Å². The number of benzene rings is 1. The lowest BCUT2D eigenvalue weighted by molar-refractivity contribution is -0.136. The van der Waals surface area contributed by atoms with Crippen molar-refractivity contribution in [2.45, 2.75) is 40.7 Å². The lowest BCUT2D eigenvalue weighted by Gasteiger charge is -2.20. The fourth-order valence-electron chi connectivity index (χ4n) is 2.08. The number of methoxy groups -OCH3 is 1. The number of aliphatic hydroxyl groups excluding tert-OH is 1. The molecule has 2 rings (SSSR count). The molecule has 0 aliphatic heterocycles. The zero-order valence-electron chi connectivity index (χ0n) is 17.8. The lowest BCUT2D eigenvalue weighted by atomic mass is 10.2. The Hall–Kier alpha value is -2.78. The Labute approximate surface area is 181 Å². The molecule has 1 amide bonds. The van der Waals surface area contributed by atoms with Gasteiger partial charge in [0.15, 0.2) is 6.61 Å². The van der Waals surface area contributed by atoms with Crippen LogP contribution in [0.15, 0.2) is 22.7 Å². The minimum atomic E-state index is -1.02. The van der Waals surface area contributed by atoms with E-state index in [1.807, 2.05) is 13.8 Å². The van der Waals surface area contributed by atoms with Gasteiger partial charge in [-0.15, -0.1) is 0 Å². The second kappa shape index (κ2) is 15.1. The largest absolute Gasteiger partial charge is 0.494 e. The minimum Gasteiger partial charge on any atom is -0.494 e. The summed E-state index contributed by atoms with van der Waals surface area (Å²) in [6.07, 6.45) is 1.89. The van der Waals surface area contributed by atoms with E-state index >= 15 is 0 Å². The van der Waals surface area contributed by atoms with E-state index in [4.69, 9.17) is 35.7 Å². The van der Waals surface area contributed by atoms with E-state index in [1.165, 1.54) is 24.1 Å². The molecule has 1 aromatic heterocycles. The number of aromatic nitrogens is 1. The van der Waals surface area contributed by atoms with E-state index in [2.05, 4.69) is 4.98 Å². The highest BCUT2D eigenvalue weighted by Gasteiger charge is 2.17. The highest BCUT2D eigenvalue weighted by molar-refractivity contribution is 6.32. The molecular formula is C20H29ClN2O7. The molecule has 0 saturated heterocycles. The number of nitrogens with zero attached hydrogens (tertiary/aromatic N) is 2. The maximum Gasteiger partial charge on any atom is 0.305 e. The molecule has 0 aliphatic carbocycles. The van der Waals surface area contributed by atoms with Crippen LogP contribution in [0.25, 0.3) is 0 Å². The van der Waals surface area contributed by atoms with Crippen LogP contribution in [0, 0.1) is 6.92 Å². The average molecular weight is 445 g/mol. The Balaban J connectivity index is 0.00000154. The third-order valence-electron chi connectivity index (χ3n) is 3.26. The molecule has 2 aromatic rings. The van der Waals surface area contributed by atoms with Crippen LogP contribution in [0.1, 0.15) is 38.8 Å². The summed E-state index contributed by atoms with van der Waals surface area (Å²) in [7, 11) is 1.42. The Morgan fingerprint density at radius 1 is 1.33 bits per heavy atom. The number of anilines is 1. The number of aryl methyl sites for hydroxylation is 1. The number of oxazole rings is 1. The number of carbonyl (C=O) groups excluding carboxylic acids is 1. The fraction of sp³-hybridized carbons (Fsp3) is 0.450. The van der Waals surface area contributed by atoms with E-state index < -0.39 is 5.97 Å². The zero-order chi connectivity index (χ0) is 23.1. The molecule has 0 fully saturated rings. The first-order valence-corrected chi connectivity index (χ1v) is 9.70. The maximum atomic E-state index is 11.3. The number of carbonyl (C=O) groups is 2. The number of ether oxygens (including phenoxy) is 2. The van der Waals surface area contributed by atoms with Crippen LogP contribution in [-0.4, -0.2) is 47.8 Å². The van der Waals surface area contributed by atoms with Gasteiger partial charge in [0, 0.05) is 19.2 Å². The summed E-state index contributed by atoms with van der Waals surface area (Å²) >= 11 is 6.20. The van der Waals surface area contributed by atoms with Gasteiger partial charge in [-0.2, -0.15) is 0 Å². The summed E-state index contributed by atoms with van der Waals surface area (Å²) in [4.78, 5) is 27.2. The zero-order valence-corrected chi connectivity index (χ0v) is 18.6. The van der Waals surface area contributed by atoms with Crippen molar-refractivity contribution in [2.24, 2.45) is 0 Å². The van der Waals surface area contributed by atoms with Crippen molar-refractivity contribution in [1.82, 2.24) is 4.98 Å². The molecule has 30 heavy (non-hydrogen) atoms. The van der Waals surface area contributed by atoms with Crippen molar-refractivity contribution >= 4 is 29.7 Å². The van der Waals surface area contributed by atoms with Crippen molar-refractivity contribution in [3.05, 3.63) is 35.0 Å². The molecule has 0 bridgehead atoms. The van der Waals surface area contributed by atoms with Gasteiger partial charge in [0.25, 0.3) is 0 Å². The maximum absolute atomic E-state index is 11.3. The first kappa shape index (κ1) is 27.2. The van der Waals surface area contributed by atoms with E-state index in [1.54, 1.807) is 20.0 Å². The summed E-state index contributed by atoms with van der Waals surface area (Å²) in [5.41, 5.74) is 0.350. The summed E-state index contributed by atoms with van der Waals surface area (Å²) in [6.45, 7) is 7.76. The summed E-state index contributed by atoms with van der Waals surface area (Å²) < 4.78 is 16.2. The molecule has 10 heteroatoms. The number of carboxylic acid groups (broad SMARTS) is 1. The van der Waals surface area contributed by atoms with Gasteiger partial charge in [0.2, 0.25) is 12.3 Å². The molecule has 1 heterocycles. The topological polar surface area (TPSA) is 122 Å². The van der Waals surface area contributed by atoms with Gasteiger partial charge in [-0.1, -0.05) is 25.4 Å². The number of hydrogen-bond acceptors (Lipinski definition) is 7. The third kappa shape index (κ3) is 9.15. The van der Waals surface area contributed by atoms with Gasteiger partial charge in [-0.3, -0.25) is 9.59 Å². The summed E-state index contributed by atoms with van der Waals surface area (Å²) in [6, 6.07) is 3.00. The van der Waals surface area contributed by atoms with Crippen LogP contribution in [0.2, 0.25) is 5.02 Å². The molecule has 0 atom stereocenters. The molecule has 0 saturated carbocycles. The van der Waals surface area contributed by atoms with Crippen LogP contribution in [-0.2, 0) is 16.2 Å². The first-order chi connectivity index (χ1) is 14.4. The third-order valence-corrected chi connectivity index (χ3v) is 3.55. The number of carboxylic acids is 1. The van der Waals surface area contributed by atoms with Crippen molar-refractivity contribution in [3.8, 4) is 11.5 Å². The van der Waals surface area contributed by atoms with Crippen molar-refractivity contribution in [3.63, 3.8) is 0 Å². The lowest BCUT2D eigenvalue weighted by Crippen LogP contribution is -2.24. The average Bonchev–Trinajstić information content (AvgIpc) is 3.15. The van der Waals surface area contributed by atoms with Crippen molar-refractivity contribution < 1.29 is 33.7 Å². The summed E-state index contributed by atoms with van der Waals surface area (Å²) in [5, 5.41) is 16.6. The summed E-state index contributed by atoms with van der Waals surface area (Å²) in [5.74, 6) is 0.686. The molecule has 0 unspecified atom stereocenters. The monoisotopic (exact) mass is 444 g/mol. The Morgan fingerprint density at radius 3 is 2.43 bits per heavy atom. The van der Waals surface area contributed by atoms with Crippen molar-refractivity contribution in [1.29, 1.82) is 0 Å². The van der Waals surface area contributed by atoms with E-state index in [9.17, 15) is 9.59 Å². The number of aliphatic carboxylic acids is 1. The van der Waals surface area contributed by atoms with Gasteiger partial charge in [-0.05, 0) is 19.9 Å². The first-order valence-electron chi connectivity index (χ1n) is 9.32. The number of amides is 1. The molecule has 0 spiro atoms. The van der Waals surface area contributed by atoms with E-state index in [-0.39, 0.29) is 31.2 Å². The van der Waals surface area contributed by atoms with Crippen LogP contribution < -0.4 is 14.4 Å². The Morgan fingerprint density at radius 2 is 1.97 bits per heavy atom. The number of hydrogen-bond donors (Lipinski definition) is 2. The quantitative estimate of drug-likeness (QED) is 0.561. The standard InChI is InChI=1S/C16H17ClN2O6.C2H6O.C2H6/c1-10-7-18-15(25-10)8-24-13-6-14(23-2)12(5-11(13)17)19(9-20)4-3-16(21)22;1-2-3;1-2/h5-7,9H,3-4,8H2,1-2H3,(H,21,22);3H,2H2,1H3;1-2H3. The molecular weight excluding hydrogens is 416 g/mol. The molecule has 1 aromatic carbocycles. The highest BCUT2D eigenvalue weighted by atomic mass is 35.5. The predicted octanol–water partition coefficient (Wildman–Crippen LogP) is 3.69. The Kier molecular flexibility index (Phi) is 13.7. The smallest absolute Gasteiger partial charge is 0.305 e. The van der Waals surface area contributed by atoms with Gasteiger partial charge < -0.3 is 29.0 Å². The van der Waals surface area contributed by atoms with E-state index in [0.29, 0.717) is 35.2 Å².